The van der Waals surface area contributed by atoms with Crippen molar-refractivity contribution < 1.29 is 9.90 Å². The highest BCUT2D eigenvalue weighted by molar-refractivity contribution is 5.98. The van der Waals surface area contributed by atoms with E-state index in [1.807, 2.05) is 30.3 Å². The maximum Gasteiger partial charge on any atom is 0.161 e. The minimum atomic E-state index is -0.749. The van der Waals surface area contributed by atoms with Crippen molar-refractivity contribution in [3.05, 3.63) is 47.0 Å². The number of Topliss-reactive ketones (excluding diaryl/α,β-unsaturated/α-hetero) is 1. The number of hydrogen-bond donors (Lipinski definition) is 1. The van der Waals surface area contributed by atoms with Gasteiger partial charge in [-0.05, 0) is 24.0 Å². The van der Waals surface area contributed by atoms with Gasteiger partial charge in [-0.25, -0.2) is 0 Å². The number of ketones is 1. The van der Waals surface area contributed by atoms with Crippen molar-refractivity contribution in [3.8, 4) is 0 Å². The minimum absolute atomic E-state index is 0.0760. The van der Waals surface area contributed by atoms with Crippen LogP contribution in [-0.2, 0) is 11.2 Å². The third-order valence-electron chi connectivity index (χ3n) is 3.06. The van der Waals surface area contributed by atoms with Crippen molar-refractivity contribution in [1.29, 1.82) is 0 Å². The number of hydrogen-bond acceptors (Lipinski definition) is 2. The van der Waals surface area contributed by atoms with Crippen LogP contribution in [0.3, 0.4) is 0 Å². The van der Waals surface area contributed by atoms with Crippen LogP contribution in [0.15, 0.2) is 35.9 Å². The third-order valence-corrected chi connectivity index (χ3v) is 3.06. The van der Waals surface area contributed by atoms with Gasteiger partial charge in [0.1, 0.15) is 6.10 Å². The van der Waals surface area contributed by atoms with Gasteiger partial charge in [0.05, 0.1) is 0 Å². The summed E-state index contributed by atoms with van der Waals surface area (Å²) >= 11 is 0. The Morgan fingerprint density at radius 1 is 1.31 bits per heavy atom. The van der Waals surface area contributed by atoms with Crippen LogP contribution < -0.4 is 0 Å². The lowest BCUT2D eigenvalue weighted by Crippen LogP contribution is -2.07. The molecule has 0 bridgehead atoms. The maximum absolute atomic E-state index is 11.5. The fraction of sp³-hybridized carbons (Fsp3) is 0.357. The number of rotatable bonds is 3. The molecule has 1 aliphatic carbocycles. The number of allylic oxidation sites excluding steroid dienone is 1. The van der Waals surface area contributed by atoms with Crippen LogP contribution in [0.4, 0.5) is 0 Å². The Balaban J connectivity index is 2.20. The molecule has 16 heavy (non-hydrogen) atoms. The van der Waals surface area contributed by atoms with Gasteiger partial charge in [0.2, 0.25) is 0 Å². The molecule has 1 unspecified atom stereocenters. The average Bonchev–Trinajstić information content (AvgIpc) is 2.75. The van der Waals surface area contributed by atoms with Gasteiger partial charge >= 0.3 is 0 Å². The molecule has 0 heterocycles. The van der Waals surface area contributed by atoms with E-state index in [-0.39, 0.29) is 5.78 Å². The molecular formula is C14H16O2. The molecular weight excluding hydrogens is 200 g/mol. The lowest BCUT2D eigenvalue weighted by Gasteiger charge is -2.11. The summed E-state index contributed by atoms with van der Waals surface area (Å²) in [6, 6.07) is 7.79. The molecule has 1 aliphatic rings. The molecule has 0 saturated carbocycles. The number of carbonyl (C=O) groups excluding carboxylic acids is 1. The average molecular weight is 216 g/mol. The van der Waals surface area contributed by atoms with Crippen molar-refractivity contribution in [3.63, 3.8) is 0 Å². The van der Waals surface area contributed by atoms with Crippen molar-refractivity contribution in [2.45, 2.75) is 32.3 Å². The van der Waals surface area contributed by atoms with E-state index in [0.29, 0.717) is 12.0 Å². The van der Waals surface area contributed by atoms with Crippen molar-refractivity contribution >= 4 is 5.78 Å². The summed E-state index contributed by atoms with van der Waals surface area (Å²) in [5.74, 6) is 0.0760. The maximum atomic E-state index is 11.5. The monoisotopic (exact) mass is 216 g/mol. The number of aliphatic hydroxyl groups excluding tert-OH is 1. The fourth-order valence-corrected chi connectivity index (χ4v) is 2.00. The Bertz CT molecular complexity index is 415. The predicted octanol–water partition coefficient (Wildman–Crippen LogP) is 2.57. The molecule has 1 N–H and O–H groups in total. The van der Waals surface area contributed by atoms with Crippen molar-refractivity contribution in [2.75, 3.05) is 0 Å². The first-order valence-electron chi connectivity index (χ1n) is 5.72. The zero-order valence-corrected chi connectivity index (χ0v) is 9.44. The van der Waals surface area contributed by atoms with Gasteiger partial charge in [-0.15, -0.1) is 0 Å². The standard InChI is InChI=1S/C14H16O2/c1-2-10-6-8-11(9-7-10)14(16)12-4-3-5-13(12)15/h4,6-9,14,16H,2-3,5H2,1H3. The Morgan fingerprint density at radius 2 is 2.00 bits per heavy atom. The third kappa shape index (κ3) is 2.07. The fourth-order valence-electron chi connectivity index (χ4n) is 2.00. The van der Waals surface area contributed by atoms with E-state index in [1.54, 1.807) is 0 Å². The highest BCUT2D eigenvalue weighted by Crippen LogP contribution is 2.28. The Labute approximate surface area is 95.6 Å². The predicted molar refractivity (Wildman–Crippen MR) is 63.1 cm³/mol. The second kappa shape index (κ2) is 4.62. The summed E-state index contributed by atoms with van der Waals surface area (Å²) in [4.78, 5) is 11.5. The SMILES string of the molecule is CCc1ccc(C(O)C2=CCCC2=O)cc1. The van der Waals surface area contributed by atoms with Crippen molar-refractivity contribution in [1.82, 2.24) is 0 Å². The van der Waals surface area contributed by atoms with Crippen LogP contribution in [0.25, 0.3) is 0 Å². The largest absolute Gasteiger partial charge is 0.384 e. The molecule has 1 atom stereocenters. The van der Waals surface area contributed by atoms with E-state index in [4.69, 9.17) is 0 Å². The Hall–Kier alpha value is -1.41. The van der Waals surface area contributed by atoms with Crippen LogP contribution in [0.1, 0.15) is 37.0 Å². The van der Waals surface area contributed by atoms with Gasteiger partial charge in [-0.1, -0.05) is 37.3 Å². The summed E-state index contributed by atoms with van der Waals surface area (Å²) in [5.41, 5.74) is 2.60. The van der Waals surface area contributed by atoms with Gasteiger partial charge in [0, 0.05) is 12.0 Å². The molecule has 0 aromatic heterocycles. The van der Waals surface area contributed by atoms with E-state index in [1.165, 1.54) is 5.56 Å². The van der Waals surface area contributed by atoms with Gasteiger partial charge in [0.25, 0.3) is 0 Å². The van der Waals surface area contributed by atoms with E-state index in [9.17, 15) is 9.90 Å². The van der Waals surface area contributed by atoms with Gasteiger partial charge < -0.3 is 5.11 Å². The number of aryl methyl sites for hydroxylation is 1. The first kappa shape index (κ1) is 11.1. The molecule has 0 radical (unpaired) electrons. The first-order chi connectivity index (χ1) is 7.72. The number of aliphatic hydroxyl groups is 1. The van der Waals surface area contributed by atoms with Crippen LogP contribution in [-0.4, -0.2) is 10.9 Å². The zero-order valence-electron chi connectivity index (χ0n) is 9.44. The molecule has 2 rings (SSSR count). The zero-order chi connectivity index (χ0) is 11.5. The summed E-state index contributed by atoms with van der Waals surface area (Å²) < 4.78 is 0. The van der Waals surface area contributed by atoms with Gasteiger partial charge in [-0.3, -0.25) is 4.79 Å². The van der Waals surface area contributed by atoms with Gasteiger partial charge in [-0.2, -0.15) is 0 Å². The Kier molecular flexibility index (Phi) is 3.20. The summed E-state index contributed by atoms with van der Waals surface area (Å²) in [5, 5.41) is 10.1. The molecule has 0 fully saturated rings. The summed E-state index contributed by atoms with van der Waals surface area (Å²) in [7, 11) is 0. The minimum Gasteiger partial charge on any atom is -0.384 e. The molecule has 0 amide bonds. The quantitative estimate of drug-likeness (QED) is 0.843. The second-order valence-electron chi connectivity index (χ2n) is 4.12. The molecule has 2 heteroatoms. The van der Waals surface area contributed by atoms with Crippen LogP contribution >= 0.6 is 0 Å². The molecule has 1 aromatic carbocycles. The molecule has 0 saturated heterocycles. The van der Waals surface area contributed by atoms with E-state index in [2.05, 4.69) is 6.92 Å². The molecule has 0 spiro atoms. The van der Waals surface area contributed by atoms with Crippen LogP contribution in [0, 0.1) is 0 Å². The van der Waals surface area contributed by atoms with E-state index < -0.39 is 6.10 Å². The van der Waals surface area contributed by atoms with Crippen LogP contribution in [0.2, 0.25) is 0 Å². The summed E-state index contributed by atoms with van der Waals surface area (Å²) in [6.07, 6.45) is 3.39. The number of carbonyl (C=O) groups is 1. The lowest BCUT2D eigenvalue weighted by molar-refractivity contribution is -0.115. The smallest absolute Gasteiger partial charge is 0.161 e. The lowest BCUT2D eigenvalue weighted by atomic mass is 9.99. The Morgan fingerprint density at radius 3 is 2.50 bits per heavy atom. The van der Waals surface area contributed by atoms with Crippen molar-refractivity contribution in [2.24, 2.45) is 0 Å². The summed E-state index contributed by atoms with van der Waals surface area (Å²) in [6.45, 7) is 2.09. The van der Waals surface area contributed by atoms with Crippen LogP contribution in [0.5, 0.6) is 0 Å². The normalized spacial score (nSPS) is 17.4. The highest BCUT2D eigenvalue weighted by atomic mass is 16.3. The molecule has 84 valence electrons. The first-order valence-corrected chi connectivity index (χ1v) is 5.72. The van der Waals surface area contributed by atoms with Gasteiger partial charge in [0.15, 0.2) is 5.78 Å². The topological polar surface area (TPSA) is 37.3 Å². The second-order valence-corrected chi connectivity index (χ2v) is 4.12. The highest BCUT2D eigenvalue weighted by Gasteiger charge is 2.23. The van der Waals surface area contributed by atoms with E-state index >= 15 is 0 Å². The number of benzene rings is 1. The van der Waals surface area contributed by atoms with E-state index in [0.717, 1.165) is 18.4 Å². The molecule has 2 nitrogen and oxygen atoms in total. The molecule has 1 aromatic rings. The molecule has 0 aliphatic heterocycles.